The molecule has 1 aliphatic heterocycles. The summed E-state index contributed by atoms with van der Waals surface area (Å²) in [6.07, 6.45) is 5.44. The number of carbonyl (C=O) groups excluding carboxylic acids is 2. The molecule has 0 bridgehead atoms. The number of hydrogen-bond acceptors (Lipinski definition) is 17. The van der Waals surface area contributed by atoms with Crippen LogP contribution in [0.3, 0.4) is 0 Å². The zero-order valence-corrected chi connectivity index (χ0v) is 38.7. The van der Waals surface area contributed by atoms with Crippen molar-refractivity contribution in [3.05, 3.63) is 127 Å². The van der Waals surface area contributed by atoms with Crippen molar-refractivity contribution >= 4 is 101 Å². The highest BCUT2D eigenvalue weighted by Gasteiger charge is 2.18. The van der Waals surface area contributed by atoms with Crippen LogP contribution in [0.5, 0.6) is 11.5 Å². The summed E-state index contributed by atoms with van der Waals surface area (Å²) in [5, 5.41) is 13.6. The molecule has 350 valence electrons. The number of oxazole rings is 1. The fraction of sp³-hybridized carbons (Fsp3) is 0.180. The quantitative estimate of drug-likeness (QED) is 0.0606. The summed E-state index contributed by atoms with van der Waals surface area (Å²) in [6.45, 7) is 5.87. The summed E-state index contributed by atoms with van der Waals surface area (Å²) in [6, 6.07) is 29.3. The van der Waals surface area contributed by atoms with Gasteiger partial charge in [0.2, 0.25) is 0 Å². The van der Waals surface area contributed by atoms with Gasteiger partial charge in [0.1, 0.15) is 24.0 Å². The van der Waals surface area contributed by atoms with E-state index >= 15 is 0 Å². The maximum absolute atomic E-state index is 13.5. The summed E-state index contributed by atoms with van der Waals surface area (Å²) >= 11 is 1.37. The second-order valence-electron chi connectivity index (χ2n) is 16.6. The molecule has 0 saturated carbocycles. The molecule has 6 heterocycles. The molecule has 5 aromatic heterocycles. The number of nitrogens with one attached hydrogen (secondary N) is 5. The first-order valence-electron chi connectivity index (χ1n) is 22.5. The fourth-order valence-corrected chi connectivity index (χ4v) is 9.06. The minimum absolute atomic E-state index is 0.0524. The number of rotatable bonds is 15. The normalized spacial score (nSPS) is 13.2. The highest BCUT2D eigenvalue weighted by molar-refractivity contribution is 7.22. The minimum Gasteiger partial charge on any atom is -0.493 e. The number of fused-ring (bicyclic) bond motifs is 4. The second-order valence-corrected chi connectivity index (χ2v) is 17.7. The van der Waals surface area contributed by atoms with E-state index in [1.54, 1.807) is 49.8 Å². The van der Waals surface area contributed by atoms with Crippen LogP contribution in [0, 0.1) is 0 Å². The van der Waals surface area contributed by atoms with Crippen molar-refractivity contribution in [3.8, 4) is 22.6 Å². The molecule has 0 unspecified atom stereocenters. The standard InChI is InChI=1S/C50H44N14O5S/c1-63-16-18-64(19-17-63)15-4-20-68-41-25-37-35(24-40(41)67-2)44(53-26-51-37)57-34-11-13-36-39(23-34)69-49(59-36)61-47(65)30-9-7-29(8-10-30)31-5-3-6-32(21-31)48(66)62-50-60-38-22-33(12-14-42(38)70-50)58-46-43-45(54-27-52-43)55-28-56-46/h3,5-14,21-28H,4,15-20H2,1-2H3,(H,51,53,57)(H,59,61,65)(H,60,62,66)(H2,52,54,55,56,58). The predicted molar refractivity (Wildman–Crippen MR) is 270 cm³/mol. The number of thiazole rings is 1. The Balaban J connectivity index is 0.708. The third-order valence-corrected chi connectivity index (χ3v) is 12.9. The highest BCUT2D eigenvalue weighted by Crippen LogP contribution is 2.36. The average Bonchev–Trinajstić information content (AvgIpc) is 4.14. The number of hydrogen-bond donors (Lipinski definition) is 5. The van der Waals surface area contributed by atoms with E-state index in [-0.39, 0.29) is 11.9 Å². The van der Waals surface area contributed by atoms with Crippen LogP contribution in [0.25, 0.3) is 54.5 Å². The molecule has 1 aliphatic rings. The Morgan fingerprint density at radius 2 is 1.53 bits per heavy atom. The van der Waals surface area contributed by atoms with E-state index in [0.29, 0.717) is 85.0 Å². The van der Waals surface area contributed by atoms with Crippen molar-refractivity contribution in [2.24, 2.45) is 0 Å². The van der Waals surface area contributed by atoms with Crippen LogP contribution < -0.4 is 30.7 Å². The summed E-state index contributed by atoms with van der Waals surface area (Å²) in [7, 11) is 3.78. The van der Waals surface area contributed by atoms with Gasteiger partial charge in [-0.15, -0.1) is 0 Å². The van der Waals surface area contributed by atoms with Crippen LogP contribution in [0.1, 0.15) is 27.1 Å². The highest BCUT2D eigenvalue weighted by atomic mass is 32.1. The van der Waals surface area contributed by atoms with E-state index in [0.717, 1.165) is 66.0 Å². The smallest absolute Gasteiger partial charge is 0.302 e. The molecule has 1 fully saturated rings. The van der Waals surface area contributed by atoms with Crippen LogP contribution in [0.4, 0.5) is 34.2 Å². The lowest BCUT2D eigenvalue weighted by atomic mass is 10.0. The number of H-pyrrole nitrogens is 1. The molecule has 5 N–H and O–H groups in total. The molecular weight excluding hydrogens is 909 g/mol. The Hall–Kier alpha value is -8.59. The number of amides is 2. The van der Waals surface area contributed by atoms with Crippen molar-refractivity contribution in [2.45, 2.75) is 6.42 Å². The Bertz CT molecular complexity index is 3550. The first-order chi connectivity index (χ1) is 34.3. The molecule has 19 nitrogen and oxygen atoms in total. The van der Waals surface area contributed by atoms with E-state index in [1.165, 1.54) is 24.0 Å². The number of imidazole rings is 1. The number of aromatic nitrogens is 8. The summed E-state index contributed by atoms with van der Waals surface area (Å²) < 4.78 is 18.8. The van der Waals surface area contributed by atoms with Crippen molar-refractivity contribution in [1.82, 2.24) is 49.7 Å². The van der Waals surface area contributed by atoms with Crippen LogP contribution in [-0.4, -0.2) is 115 Å². The number of likely N-dealkylation sites (N-methyl/N-ethyl adjacent to an activating group) is 1. The number of methoxy groups -OCH3 is 1. The first kappa shape index (κ1) is 43.9. The van der Waals surface area contributed by atoms with Gasteiger partial charge in [0, 0.05) is 72.7 Å². The molecule has 10 aromatic rings. The molecule has 5 aromatic carbocycles. The van der Waals surface area contributed by atoms with E-state index in [1.807, 2.05) is 60.7 Å². The summed E-state index contributed by atoms with van der Waals surface area (Å²) in [4.78, 5) is 65.6. The maximum Gasteiger partial charge on any atom is 0.302 e. The van der Waals surface area contributed by atoms with Crippen LogP contribution >= 0.6 is 11.3 Å². The van der Waals surface area contributed by atoms with Gasteiger partial charge in [0.25, 0.3) is 11.8 Å². The Morgan fingerprint density at radius 1 is 0.729 bits per heavy atom. The lowest BCUT2D eigenvalue weighted by Crippen LogP contribution is -2.44. The fourth-order valence-electron chi connectivity index (χ4n) is 8.21. The molecule has 70 heavy (non-hydrogen) atoms. The average molecular weight is 953 g/mol. The molecule has 0 aliphatic carbocycles. The lowest BCUT2D eigenvalue weighted by molar-refractivity contribution is 0.101. The number of carbonyl (C=O) groups is 2. The molecule has 11 rings (SSSR count). The van der Waals surface area contributed by atoms with Crippen LogP contribution in [-0.2, 0) is 0 Å². The number of ether oxygens (including phenoxy) is 2. The number of anilines is 6. The molecule has 0 radical (unpaired) electrons. The first-order valence-corrected chi connectivity index (χ1v) is 23.3. The van der Waals surface area contributed by atoms with Gasteiger partial charge in [-0.1, -0.05) is 35.6 Å². The van der Waals surface area contributed by atoms with Gasteiger partial charge in [-0.05, 0) is 85.3 Å². The largest absolute Gasteiger partial charge is 0.493 e. The lowest BCUT2D eigenvalue weighted by Gasteiger charge is -2.32. The van der Waals surface area contributed by atoms with Crippen LogP contribution in [0.15, 0.2) is 120 Å². The molecule has 20 heteroatoms. The van der Waals surface area contributed by atoms with Crippen molar-refractivity contribution < 1.29 is 23.5 Å². The maximum atomic E-state index is 13.5. The van der Waals surface area contributed by atoms with Crippen molar-refractivity contribution in [3.63, 3.8) is 0 Å². The van der Waals surface area contributed by atoms with Gasteiger partial charge in [-0.2, -0.15) is 4.98 Å². The molecule has 0 atom stereocenters. The molecule has 2 amide bonds. The third-order valence-electron chi connectivity index (χ3n) is 12.0. The van der Waals surface area contributed by atoms with E-state index in [9.17, 15) is 9.59 Å². The Kier molecular flexibility index (Phi) is 12.0. The van der Waals surface area contributed by atoms with E-state index in [2.05, 4.69) is 78.0 Å². The summed E-state index contributed by atoms with van der Waals surface area (Å²) in [5.41, 5.74) is 7.62. The van der Waals surface area contributed by atoms with Gasteiger partial charge >= 0.3 is 6.01 Å². The second kappa shape index (κ2) is 19.2. The van der Waals surface area contributed by atoms with Gasteiger partial charge in [-0.3, -0.25) is 20.2 Å². The van der Waals surface area contributed by atoms with Crippen molar-refractivity contribution in [2.75, 3.05) is 74.8 Å². The van der Waals surface area contributed by atoms with Crippen LogP contribution in [0.2, 0.25) is 0 Å². The number of nitrogens with zero attached hydrogens (tertiary/aromatic N) is 9. The van der Waals surface area contributed by atoms with Gasteiger partial charge < -0.3 is 39.3 Å². The molecule has 0 spiro atoms. The van der Waals surface area contributed by atoms with Gasteiger partial charge in [0.05, 0.1) is 35.8 Å². The van der Waals surface area contributed by atoms with Gasteiger partial charge in [-0.25, -0.2) is 29.9 Å². The third kappa shape index (κ3) is 9.46. The predicted octanol–water partition coefficient (Wildman–Crippen LogP) is 8.73. The number of benzene rings is 5. The summed E-state index contributed by atoms with van der Waals surface area (Å²) in [5.74, 6) is 1.65. The minimum atomic E-state index is -0.396. The van der Waals surface area contributed by atoms with Crippen molar-refractivity contribution in [1.29, 1.82) is 0 Å². The van der Waals surface area contributed by atoms with Gasteiger partial charge in [0.15, 0.2) is 39.2 Å². The molecular formula is C50H44N14O5S. The SMILES string of the molecule is COc1cc2c(Nc3ccc4nc(NC(=O)c5ccc(-c6cccc(C(=O)Nc7nc8cc(Nc9ncnc%10[nH]cnc9%10)ccc8s7)c6)cc5)oc4c3)ncnc2cc1OCCCN1CCN(C)CC1. The zero-order valence-electron chi connectivity index (χ0n) is 37.9. The topological polar surface area (TPSA) is 226 Å². The molecule has 1 saturated heterocycles. The zero-order chi connectivity index (χ0) is 47.6. The number of piperazine rings is 1. The Labute approximate surface area is 403 Å². The van der Waals surface area contributed by atoms with E-state index in [4.69, 9.17) is 13.9 Å². The monoisotopic (exact) mass is 952 g/mol. The Morgan fingerprint density at radius 3 is 2.40 bits per heavy atom. The van der Waals surface area contributed by atoms with E-state index < -0.39 is 5.91 Å². The number of aromatic amines is 1.